The predicted octanol–water partition coefficient (Wildman–Crippen LogP) is 2.40. The van der Waals surface area contributed by atoms with Gasteiger partial charge in [0.15, 0.2) is 12.4 Å². The lowest BCUT2D eigenvalue weighted by molar-refractivity contribution is -0.147. The molecule has 1 fully saturated rings. The first-order valence-corrected chi connectivity index (χ1v) is 9.14. The number of esters is 1. The maximum Gasteiger partial charge on any atom is 0.410 e. The summed E-state index contributed by atoms with van der Waals surface area (Å²) in [5, 5.41) is 9.80. The van der Waals surface area contributed by atoms with Crippen molar-refractivity contribution in [1.82, 2.24) is 4.90 Å². The molecular formula is C18H22BrNO6. The van der Waals surface area contributed by atoms with E-state index in [4.69, 9.17) is 9.47 Å². The smallest absolute Gasteiger partial charge is 0.410 e. The van der Waals surface area contributed by atoms with Crippen molar-refractivity contribution in [3.63, 3.8) is 0 Å². The highest BCUT2D eigenvalue weighted by Crippen LogP contribution is 2.21. The van der Waals surface area contributed by atoms with E-state index in [0.717, 1.165) is 9.37 Å². The van der Waals surface area contributed by atoms with Crippen LogP contribution >= 0.6 is 15.9 Å². The summed E-state index contributed by atoms with van der Waals surface area (Å²) in [4.78, 5) is 37.6. The van der Waals surface area contributed by atoms with Crippen LogP contribution in [0, 0.1) is 5.92 Å². The van der Waals surface area contributed by atoms with Crippen molar-refractivity contribution in [3.05, 3.63) is 34.3 Å². The number of aliphatic hydroxyl groups excluding tert-OH is 1. The van der Waals surface area contributed by atoms with Gasteiger partial charge in [-0.25, -0.2) is 9.59 Å². The lowest BCUT2D eigenvalue weighted by Crippen LogP contribution is -2.42. The molecule has 26 heavy (non-hydrogen) atoms. The number of hydrogen-bond donors (Lipinski definition) is 1. The van der Waals surface area contributed by atoms with Gasteiger partial charge in [-0.05, 0) is 18.1 Å². The number of halogens is 1. The van der Waals surface area contributed by atoms with E-state index in [9.17, 15) is 19.5 Å². The van der Waals surface area contributed by atoms with Gasteiger partial charge in [0.05, 0.1) is 19.3 Å². The second kappa shape index (κ2) is 9.14. The number of Topliss-reactive ketones (excluding diaryl/α,β-unsaturated/α-hetero) is 1. The van der Waals surface area contributed by atoms with Crippen molar-refractivity contribution in [3.8, 4) is 0 Å². The summed E-state index contributed by atoms with van der Waals surface area (Å²) >= 11 is 3.28. The van der Waals surface area contributed by atoms with Crippen LogP contribution in [0.1, 0.15) is 30.6 Å². The number of nitrogens with zero attached hydrogens (tertiary/aromatic N) is 1. The van der Waals surface area contributed by atoms with Crippen molar-refractivity contribution in [2.75, 3.05) is 19.8 Å². The molecular weight excluding hydrogens is 406 g/mol. The van der Waals surface area contributed by atoms with Crippen LogP contribution in [0.5, 0.6) is 0 Å². The summed E-state index contributed by atoms with van der Waals surface area (Å²) in [5.74, 6) is -0.924. The highest BCUT2D eigenvalue weighted by Gasteiger charge is 2.41. The molecule has 2 atom stereocenters. The van der Waals surface area contributed by atoms with Gasteiger partial charge in [-0.3, -0.25) is 9.69 Å². The van der Waals surface area contributed by atoms with Crippen LogP contribution in [0.25, 0.3) is 0 Å². The van der Waals surface area contributed by atoms with Gasteiger partial charge in [-0.1, -0.05) is 41.9 Å². The lowest BCUT2D eigenvalue weighted by atomic mass is 10.1. The van der Waals surface area contributed by atoms with Crippen molar-refractivity contribution in [2.24, 2.45) is 5.92 Å². The van der Waals surface area contributed by atoms with Gasteiger partial charge in [0.2, 0.25) is 0 Å². The Labute approximate surface area is 160 Å². The fourth-order valence-corrected chi connectivity index (χ4v) is 2.78. The SMILES string of the molecule is CC(C)COC(=O)N1CC(O)CC1C(=O)OCC(=O)c1ccc(Br)cc1. The molecule has 0 aliphatic carbocycles. The molecule has 2 unspecified atom stereocenters. The molecule has 1 N–H and O–H groups in total. The van der Waals surface area contributed by atoms with E-state index in [0.29, 0.717) is 5.56 Å². The first kappa shape index (κ1) is 20.4. The molecule has 0 saturated carbocycles. The molecule has 0 radical (unpaired) electrons. The normalized spacial score (nSPS) is 19.5. The zero-order valence-electron chi connectivity index (χ0n) is 14.7. The second-order valence-electron chi connectivity index (χ2n) is 6.57. The van der Waals surface area contributed by atoms with Crippen LogP contribution in [-0.4, -0.2) is 59.8 Å². The standard InChI is InChI=1S/C18H22BrNO6/c1-11(2)9-26-18(24)20-8-14(21)7-15(20)17(23)25-10-16(22)12-3-5-13(19)6-4-12/h3-6,11,14-15,21H,7-10H2,1-2H3. The Bertz CT molecular complexity index is 660. The third-order valence-corrected chi connectivity index (χ3v) is 4.37. The summed E-state index contributed by atoms with van der Waals surface area (Å²) in [6.45, 7) is 3.58. The van der Waals surface area contributed by atoms with Gasteiger partial charge in [0, 0.05) is 16.5 Å². The maximum absolute atomic E-state index is 12.3. The van der Waals surface area contributed by atoms with Crippen LogP contribution in [0.3, 0.4) is 0 Å². The molecule has 1 heterocycles. The number of ketones is 1. The zero-order chi connectivity index (χ0) is 19.3. The zero-order valence-corrected chi connectivity index (χ0v) is 16.3. The molecule has 8 heteroatoms. The summed E-state index contributed by atoms with van der Waals surface area (Å²) in [6.07, 6.45) is -1.44. The predicted molar refractivity (Wildman–Crippen MR) is 96.7 cm³/mol. The minimum Gasteiger partial charge on any atom is -0.456 e. The number of carbonyl (C=O) groups excluding carboxylic acids is 3. The largest absolute Gasteiger partial charge is 0.456 e. The van der Waals surface area contributed by atoms with Crippen LogP contribution in [0.15, 0.2) is 28.7 Å². The van der Waals surface area contributed by atoms with E-state index >= 15 is 0 Å². The van der Waals surface area contributed by atoms with Gasteiger partial charge >= 0.3 is 12.1 Å². The number of aliphatic hydroxyl groups is 1. The second-order valence-corrected chi connectivity index (χ2v) is 7.48. The topological polar surface area (TPSA) is 93.1 Å². The van der Waals surface area contributed by atoms with Crippen LogP contribution in [0.2, 0.25) is 0 Å². The third-order valence-electron chi connectivity index (χ3n) is 3.84. The lowest BCUT2D eigenvalue weighted by Gasteiger charge is -2.22. The molecule has 1 aliphatic rings. The summed E-state index contributed by atoms with van der Waals surface area (Å²) in [7, 11) is 0. The molecule has 0 bridgehead atoms. The molecule has 1 saturated heterocycles. The van der Waals surface area contributed by atoms with Crippen molar-refractivity contribution >= 4 is 33.8 Å². The molecule has 142 valence electrons. The summed E-state index contributed by atoms with van der Waals surface area (Å²) in [6, 6.07) is 5.72. The molecule has 2 rings (SSSR count). The van der Waals surface area contributed by atoms with Crippen molar-refractivity contribution < 1.29 is 29.0 Å². The average Bonchev–Trinajstić information content (AvgIpc) is 2.99. The van der Waals surface area contributed by atoms with Gasteiger partial charge in [0.1, 0.15) is 6.04 Å². The third kappa shape index (κ3) is 5.54. The molecule has 0 aromatic heterocycles. The fraction of sp³-hybridized carbons (Fsp3) is 0.500. The number of likely N-dealkylation sites (tertiary alicyclic amines) is 1. The summed E-state index contributed by atoms with van der Waals surface area (Å²) < 4.78 is 11.0. The first-order valence-electron chi connectivity index (χ1n) is 8.34. The van der Waals surface area contributed by atoms with E-state index in [1.807, 2.05) is 13.8 Å². The van der Waals surface area contributed by atoms with Gasteiger partial charge in [-0.15, -0.1) is 0 Å². The number of β-amino-alcohol motifs (C(OH)–C–C–N with tert-alkyl or cyclic N) is 1. The number of hydrogen-bond acceptors (Lipinski definition) is 6. The van der Waals surface area contributed by atoms with Crippen LogP contribution < -0.4 is 0 Å². The highest BCUT2D eigenvalue weighted by molar-refractivity contribution is 9.10. The number of rotatable bonds is 6. The monoisotopic (exact) mass is 427 g/mol. The number of amides is 1. The minimum absolute atomic E-state index is 0.00263. The van der Waals surface area contributed by atoms with Crippen LogP contribution in [-0.2, 0) is 14.3 Å². The quantitative estimate of drug-likeness (QED) is 0.553. The van der Waals surface area contributed by atoms with Crippen molar-refractivity contribution in [2.45, 2.75) is 32.4 Å². The maximum atomic E-state index is 12.3. The van der Waals surface area contributed by atoms with Gasteiger partial charge < -0.3 is 14.6 Å². The number of benzene rings is 1. The van der Waals surface area contributed by atoms with Gasteiger partial charge in [-0.2, -0.15) is 0 Å². The van der Waals surface area contributed by atoms with Crippen molar-refractivity contribution in [1.29, 1.82) is 0 Å². The molecule has 1 aromatic rings. The minimum atomic E-state index is -0.956. The van der Waals surface area contributed by atoms with E-state index in [1.54, 1.807) is 24.3 Å². The Morgan fingerprint density at radius 2 is 1.88 bits per heavy atom. The van der Waals surface area contributed by atoms with E-state index in [1.165, 1.54) is 0 Å². The van der Waals surface area contributed by atoms with E-state index in [-0.39, 0.29) is 31.3 Å². The Morgan fingerprint density at radius 1 is 1.23 bits per heavy atom. The number of ether oxygens (including phenoxy) is 2. The fourth-order valence-electron chi connectivity index (χ4n) is 2.51. The molecule has 7 nitrogen and oxygen atoms in total. The first-order chi connectivity index (χ1) is 12.3. The summed E-state index contributed by atoms with van der Waals surface area (Å²) in [5.41, 5.74) is 0.417. The molecule has 1 amide bonds. The Balaban J connectivity index is 1.92. The Hall–Kier alpha value is -1.93. The number of carbonyl (C=O) groups is 3. The molecule has 0 spiro atoms. The molecule has 1 aliphatic heterocycles. The van der Waals surface area contributed by atoms with E-state index in [2.05, 4.69) is 15.9 Å². The average molecular weight is 428 g/mol. The van der Waals surface area contributed by atoms with E-state index < -0.39 is 30.8 Å². The highest BCUT2D eigenvalue weighted by atomic mass is 79.9. The molecule has 1 aromatic carbocycles. The van der Waals surface area contributed by atoms with Gasteiger partial charge in [0.25, 0.3) is 0 Å². The van der Waals surface area contributed by atoms with Crippen LogP contribution in [0.4, 0.5) is 4.79 Å². The Kier molecular flexibility index (Phi) is 7.16. The Morgan fingerprint density at radius 3 is 2.50 bits per heavy atom.